The summed E-state index contributed by atoms with van der Waals surface area (Å²) in [5.41, 5.74) is 5.82. The first-order valence-electron chi connectivity index (χ1n) is 6.46. The molecule has 1 aromatic rings. The molecule has 0 bridgehead atoms. The SMILES string of the molecule is CC1(NS(=O)(=O)c2ccc(CN)cc2Cl)CCOCC1. The van der Waals surface area contributed by atoms with E-state index in [1.54, 1.807) is 12.1 Å². The first-order chi connectivity index (χ1) is 9.36. The van der Waals surface area contributed by atoms with Crippen molar-refractivity contribution >= 4 is 21.6 Å². The third-order valence-electron chi connectivity index (χ3n) is 3.50. The molecule has 1 fully saturated rings. The minimum atomic E-state index is -3.65. The van der Waals surface area contributed by atoms with Crippen molar-refractivity contribution in [2.75, 3.05) is 13.2 Å². The van der Waals surface area contributed by atoms with Crippen LogP contribution in [0, 0.1) is 0 Å². The van der Waals surface area contributed by atoms with Gasteiger partial charge in [-0.05, 0) is 37.5 Å². The molecule has 2 rings (SSSR count). The van der Waals surface area contributed by atoms with Crippen LogP contribution in [0.15, 0.2) is 23.1 Å². The van der Waals surface area contributed by atoms with Crippen LogP contribution >= 0.6 is 11.6 Å². The van der Waals surface area contributed by atoms with E-state index in [1.807, 2.05) is 6.92 Å². The second kappa shape index (κ2) is 5.99. The number of nitrogens with one attached hydrogen (secondary N) is 1. The molecule has 0 radical (unpaired) electrons. The molecule has 7 heteroatoms. The minimum absolute atomic E-state index is 0.0871. The Kier molecular flexibility index (Phi) is 4.71. The van der Waals surface area contributed by atoms with Crippen LogP contribution < -0.4 is 10.5 Å². The van der Waals surface area contributed by atoms with E-state index >= 15 is 0 Å². The summed E-state index contributed by atoms with van der Waals surface area (Å²) < 4.78 is 32.9. The van der Waals surface area contributed by atoms with Gasteiger partial charge in [-0.25, -0.2) is 13.1 Å². The average Bonchev–Trinajstić information content (AvgIpc) is 2.37. The maximum absolute atomic E-state index is 12.5. The minimum Gasteiger partial charge on any atom is -0.381 e. The van der Waals surface area contributed by atoms with Gasteiger partial charge in [-0.3, -0.25) is 0 Å². The fraction of sp³-hybridized carbons (Fsp3) is 0.538. The maximum atomic E-state index is 12.5. The van der Waals surface area contributed by atoms with Gasteiger partial charge in [0.2, 0.25) is 10.0 Å². The quantitative estimate of drug-likeness (QED) is 0.884. The predicted molar refractivity (Wildman–Crippen MR) is 78.1 cm³/mol. The van der Waals surface area contributed by atoms with Gasteiger partial charge in [0, 0.05) is 25.3 Å². The van der Waals surface area contributed by atoms with E-state index < -0.39 is 15.6 Å². The maximum Gasteiger partial charge on any atom is 0.242 e. The lowest BCUT2D eigenvalue weighted by Crippen LogP contribution is -2.49. The first-order valence-corrected chi connectivity index (χ1v) is 8.33. The molecule has 0 spiro atoms. The molecule has 1 saturated heterocycles. The van der Waals surface area contributed by atoms with Crippen molar-refractivity contribution in [3.05, 3.63) is 28.8 Å². The highest BCUT2D eigenvalue weighted by molar-refractivity contribution is 7.89. The second-order valence-corrected chi connectivity index (χ2v) is 7.31. The Bertz CT molecular complexity index is 583. The number of rotatable bonds is 4. The highest BCUT2D eigenvalue weighted by Gasteiger charge is 2.33. The van der Waals surface area contributed by atoms with Crippen LogP contribution in [0.25, 0.3) is 0 Å². The number of hydrogen-bond donors (Lipinski definition) is 2. The van der Waals surface area contributed by atoms with Crippen LogP contribution in [-0.2, 0) is 21.3 Å². The molecule has 20 heavy (non-hydrogen) atoms. The molecule has 3 N–H and O–H groups in total. The summed E-state index contributed by atoms with van der Waals surface area (Å²) in [7, 11) is -3.65. The third kappa shape index (κ3) is 3.51. The predicted octanol–water partition coefficient (Wildman–Crippen LogP) is 1.65. The van der Waals surface area contributed by atoms with E-state index in [0.29, 0.717) is 32.6 Å². The Hall–Kier alpha value is -0.660. The van der Waals surface area contributed by atoms with Crippen molar-refractivity contribution in [2.24, 2.45) is 5.73 Å². The Morgan fingerprint density at radius 2 is 2.05 bits per heavy atom. The Balaban J connectivity index is 2.26. The van der Waals surface area contributed by atoms with Crippen LogP contribution in [0.2, 0.25) is 5.02 Å². The fourth-order valence-corrected chi connectivity index (χ4v) is 4.23. The monoisotopic (exact) mass is 318 g/mol. The zero-order valence-electron chi connectivity index (χ0n) is 11.4. The van der Waals surface area contributed by atoms with Gasteiger partial charge in [0.15, 0.2) is 0 Å². The summed E-state index contributed by atoms with van der Waals surface area (Å²) in [6, 6.07) is 4.75. The van der Waals surface area contributed by atoms with Gasteiger partial charge in [0.25, 0.3) is 0 Å². The zero-order chi connectivity index (χ0) is 14.8. The fourth-order valence-electron chi connectivity index (χ4n) is 2.19. The zero-order valence-corrected chi connectivity index (χ0v) is 12.9. The van der Waals surface area contributed by atoms with E-state index in [0.717, 1.165) is 5.56 Å². The Labute approximate surface area is 124 Å². The lowest BCUT2D eigenvalue weighted by molar-refractivity contribution is 0.0537. The van der Waals surface area contributed by atoms with Crippen molar-refractivity contribution in [1.29, 1.82) is 0 Å². The highest BCUT2D eigenvalue weighted by Crippen LogP contribution is 2.27. The van der Waals surface area contributed by atoms with Gasteiger partial charge in [-0.15, -0.1) is 0 Å². The van der Waals surface area contributed by atoms with Gasteiger partial charge in [0.05, 0.1) is 5.02 Å². The average molecular weight is 319 g/mol. The number of benzene rings is 1. The highest BCUT2D eigenvalue weighted by atomic mass is 35.5. The van der Waals surface area contributed by atoms with Gasteiger partial charge >= 0.3 is 0 Å². The second-order valence-electron chi connectivity index (χ2n) is 5.25. The third-order valence-corrected chi connectivity index (χ3v) is 5.62. The van der Waals surface area contributed by atoms with E-state index in [-0.39, 0.29) is 9.92 Å². The topological polar surface area (TPSA) is 81.4 Å². The van der Waals surface area contributed by atoms with E-state index in [9.17, 15) is 8.42 Å². The van der Waals surface area contributed by atoms with Crippen molar-refractivity contribution in [1.82, 2.24) is 4.72 Å². The van der Waals surface area contributed by atoms with Gasteiger partial charge < -0.3 is 10.5 Å². The lowest BCUT2D eigenvalue weighted by atomic mass is 9.94. The first kappa shape index (κ1) is 15.7. The molecule has 1 aromatic carbocycles. The molecule has 112 valence electrons. The number of sulfonamides is 1. The molecule has 1 aliphatic rings. The summed E-state index contributed by atoms with van der Waals surface area (Å²) in [5.74, 6) is 0. The van der Waals surface area contributed by atoms with Crippen LogP contribution in [0.1, 0.15) is 25.3 Å². The van der Waals surface area contributed by atoms with Gasteiger partial charge in [0.1, 0.15) is 4.90 Å². The summed E-state index contributed by atoms with van der Waals surface area (Å²) in [6.07, 6.45) is 1.29. The molecule has 0 unspecified atom stereocenters. The van der Waals surface area contributed by atoms with Crippen LogP contribution in [0.5, 0.6) is 0 Å². The molecule has 0 aromatic heterocycles. The van der Waals surface area contributed by atoms with E-state index in [4.69, 9.17) is 22.1 Å². The molecular weight excluding hydrogens is 300 g/mol. The standard InChI is InChI=1S/C13H19ClN2O3S/c1-13(4-6-19-7-5-13)16-20(17,18)12-3-2-10(9-15)8-11(12)14/h2-3,8,16H,4-7,9,15H2,1H3. The number of nitrogens with two attached hydrogens (primary N) is 1. The molecule has 1 aliphatic heterocycles. The molecule has 0 amide bonds. The number of hydrogen-bond acceptors (Lipinski definition) is 4. The molecule has 0 atom stereocenters. The van der Waals surface area contributed by atoms with Crippen LogP contribution in [0.4, 0.5) is 0 Å². The molecule has 1 heterocycles. The van der Waals surface area contributed by atoms with Gasteiger partial charge in [-0.1, -0.05) is 17.7 Å². The molecular formula is C13H19ClN2O3S. The van der Waals surface area contributed by atoms with E-state index in [1.165, 1.54) is 6.07 Å². The molecule has 0 aliphatic carbocycles. The van der Waals surface area contributed by atoms with Crippen molar-refractivity contribution in [3.8, 4) is 0 Å². The van der Waals surface area contributed by atoms with Gasteiger partial charge in [-0.2, -0.15) is 0 Å². The summed E-state index contributed by atoms with van der Waals surface area (Å²) >= 11 is 6.06. The number of ether oxygens (including phenoxy) is 1. The lowest BCUT2D eigenvalue weighted by Gasteiger charge is -2.34. The Morgan fingerprint density at radius 3 is 2.60 bits per heavy atom. The largest absolute Gasteiger partial charge is 0.381 e. The number of halogens is 1. The summed E-state index contributed by atoms with van der Waals surface area (Å²) in [5, 5.41) is 0.191. The molecule has 5 nitrogen and oxygen atoms in total. The molecule has 0 saturated carbocycles. The normalized spacial score (nSPS) is 18.9. The van der Waals surface area contributed by atoms with Crippen molar-refractivity contribution in [3.63, 3.8) is 0 Å². The van der Waals surface area contributed by atoms with Crippen LogP contribution in [-0.4, -0.2) is 27.2 Å². The summed E-state index contributed by atoms with van der Waals surface area (Å²) in [6.45, 7) is 3.31. The van der Waals surface area contributed by atoms with E-state index in [2.05, 4.69) is 4.72 Å². The Morgan fingerprint density at radius 1 is 1.40 bits per heavy atom. The van der Waals surface area contributed by atoms with Crippen LogP contribution in [0.3, 0.4) is 0 Å². The van der Waals surface area contributed by atoms with Crippen molar-refractivity contribution in [2.45, 2.75) is 36.7 Å². The summed E-state index contributed by atoms with van der Waals surface area (Å²) in [4.78, 5) is 0.0871. The smallest absolute Gasteiger partial charge is 0.242 e. The van der Waals surface area contributed by atoms with Crippen molar-refractivity contribution < 1.29 is 13.2 Å².